The van der Waals surface area contributed by atoms with Crippen molar-refractivity contribution in [2.45, 2.75) is 77.4 Å². The summed E-state index contributed by atoms with van der Waals surface area (Å²) in [6.45, 7) is 6.63. The van der Waals surface area contributed by atoms with Crippen LogP contribution in [0.5, 0.6) is 5.75 Å². The van der Waals surface area contributed by atoms with Crippen LogP contribution in [0.4, 0.5) is 10.6 Å². The molecule has 0 radical (unpaired) electrons. The number of carbonyl (C=O) groups excluding carboxylic acids is 1. The monoisotopic (exact) mass is 530 g/mol. The number of carbonyl (C=O) groups is 1. The Morgan fingerprint density at radius 2 is 1.87 bits per heavy atom. The number of rotatable bonds is 6. The fraction of sp³-hybridized carbons (Fsp3) is 0.500. The second-order valence-electron chi connectivity index (χ2n) is 11.3. The van der Waals surface area contributed by atoms with Crippen LogP contribution in [0.15, 0.2) is 42.6 Å². The van der Waals surface area contributed by atoms with Gasteiger partial charge in [0.25, 0.3) is 0 Å². The summed E-state index contributed by atoms with van der Waals surface area (Å²) < 4.78 is 8.20. The number of imidazole rings is 1. The number of hydrogen-bond donors (Lipinski definition) is 2. The van der Waals surface area contributed by atoms with E-state index in [2.05, 4.69) is 59.4 Å². The summed E-state index contributed by atoms with van der Waals surface area (Å²) >= 11 is 0. The van der Waals surface area contributed by atoms with Crippen LogP contribution in [-0.2, 0) is 20.1 Å². The Bertz CT molecular complexity index is 1340. The zero-order valence-corrected chi connectivity index (χ0v) is 23.0. The van der Waals surface area contributed by atoms with Crippen molar-refractivity contribution in [2.75, 3.05) is 11.4 Å². The molecule has 9 heteroatoms. The second-order valence-corrected chi connectivity index (χ2v) is 11.3. The van der Waals surface area contributed by atoms with Crippen LogP contribution in [-0.4, -0.2) is 49.4 Å². The Morgan fingerprint density at radius 1 is 1.08 bits per heavy atom. The molecule has 6 rings (SSSR count). The zero-order valence-electron chi connectivity index (χ0n) is 23.0. The van der Waals surface area contributed by atoms with E-state index in [0.29, 0.717) is 36.6 Å². The number of fused-ring (bicyclic) bond motifs is 1. The third-order valence-electron chi connectivity index (χ3n) is 8.59. The average molecular weight is 531 g/mol. The van der Waals surface area contributed by atoms with Gasteiger partial charge in [0.1, 0.15) is 29.6 Å². The summed E-state index contributed by atoms with van der Waals surface area (Å²) in [5, 5.41) is 12.3. The summed E-state index contributed by atoms with van der Waals surface area (Å²) in [5.74, 6) is 2.97. The Labute approximate surface area is 229 Å². The molecule has 0 bridgehead atoms. The molecule has 1 saturated heterocycles. The van der Waals surface area contributed by atoms with Gasteiger partial charge in [-0.25, -0.2) is 14.8 Å². The molecule has 2 fully saturated rings. The number of nitrogens with one attached hydrogen (secondary N) is 1. The minimum atomic E-state index is -0.805. The largest absolute Gasteiger partial charge is 0.490 e. The molecule has 4 heterocycles. The number of amides is 2. The van der Waals surface area contributed by atoms with Crippen LogP contribution in [0.2, 0.25) is 0 Å². The first-order valence-corrected chi connectivity index (χ1v) is 14.1. The fourth-order valence-electron chi connectivity index (χ4n) is 6.14. The van der Waals surface area contributed by atoms with E-state index in [1.165, 1.54) is 30.4 Å². The molecule has 1 aliphatic carbocycles. The molecule has 206 valence electrons. The number of hydrogen-bond acceptors (Lipinski definition) is 6. The molecule has 2 aromatic heterocycles. The summed E-state index contributed by atoms with van der Waals surface area (Å²) in [6.07, 6.45) is 6.67. The van der Waals surface area contributed by atoms with E-state index in [1.807, 2.05) is 17.7 Å². The van der Waals surface area contributed by atoms with Gasteiger partial charge in [-0.2, -0.15) is 0 Å². The third kappa shape index (κ3) is 5.13. The van der Waals surface area contributed by atoms with Crippen LogP contribution >= 0.6 is 0 Å². The molecule has 1 unspecified atom stereocenters. The zero-order chi connectivity index (χ0) is 27.1. The Hall–Kier alpha value is -3.43. The number of benzene rings is 1. The number of aromatic nitrogens is 3. The van der Waals surface area contributed by atoms with Crippen LogP contribution in [0.25, 0.3) is 11.5 Å². The maximum Gasteiger partial charge on any atom is 0.325 e. The lowest BCUT2D eigenvalue weighted by molar-refractivity contribution is 0.102. The van der Waals surface area contributed by atoms with E-state index in [1.54, 1.807) is 11.1 Å². The van der Waals surface area contributed by atoms with Crippen molar-refractivity contribution < 1.29 is 14.6 Å². The van der Waals surface area contributed by atoms with Crippen LogP contribution in [0, 0.1) is 5.92 Å². The number of anilines is 1. The molecule has 0 spiro atoms. The lowest BCUT2D eigenvalue weighted by Crippen LogP contribution is -2.52. The van der Waals surface area contributed by atoms with Gasteiger partial charge >= 0.3 is 6.03 Å². The van der Waals surface area contributed by atoms with Crippen molar-refractivity contribution in [1.29, 1.82) is 0 Å². The van der Waals surface area contributed by atoms with E-state index in [9.17, 15) is 9.90 Å². The van der Waals surface area contributed by atoms with Gasteiger partial charge in [-0.3, -0.25) is 9.80 Å². The van der Waals surface area contributed by atoms with Gasteiger partial charge < -0.3 is 19.7 Å². The standard InChI is InChI=1S/C30H38N6O3/c1-19-6-4-5-7-25(19)39-23-11-8-21(9-12-23)17-35-18-22-10-13-24(32-28(22)20(35)2)29-31-16-27(34(29)3)36-15-14-26(37)33-30(36)38/h8-13,16,19-20,25-26,37H,4-7,14-15,17-18H2,1-3H3,(H,33,38)/t19-,20-,25-,26?/m0/s1. The molecule has 1 aromatic carbocycles. The smallest absolute Gasteiger partial charge is 0.325 e. The number of urea groups is 1. The van der Waals surface area contributed by atoms with Gasteiger partial charge in [-0.15, -0.1) is 0 Å². The minimum Gasteiger partial charge on any atom is -0.490 e. The second kappa shape index (κ2) is 10.6. The van der Waals surface area contributed by atoms with Crippen molar-refractivity contribution in [3.05, 3.63) is 59.4 Å². The Morgan fingerprint density at radius 3 is 2.64 bits per heavy atom. The summed E-state index contributed by atoms with van der Waals surface area (Å²) in [6, 6.07) is 12.6. The first kappa shape index (κ1) is 25.8. The molecule has 3 aromatic rings. The van der Waals surface area contributed by atoms with Gasteiger partial charge in [0.15, 0.2) is 5.82 Å². The van der Waals surface area contributed by atoms with Crippen molar-refractivity contribution in [3.63, 3.8) is 0 Å². The van der Waals surface area contributed by atoms with Gasteiger partial charge in [-0.1, -0.05) is 31.5 Å². The summed E-state index contributed by atoms with van der Waals surface area (Å²) in [7, 11) is 1.89. The predicted molar refractivity (Wildman–Crippen MR) is 149 cm³/mol. The Kier molecular flexibility index (Phi) is 7.03. The molecule has 9 nitrogen and oxygen atoms in total. The van der Waals surface area contributed by atoms with Gasteiger partial charge in [0.05, 0.1) is 17.9 Å². The highest BCUT2D eigenvalue weighted by molar-refractivity contribution is 5.92. The third-order valence-corrected chi connectivity index (χ3v) is 8.59. The van der Waals surface area contributed by atoms with Crippen LogP contribution < -0.4 is 15.0 Å². The highest BCUT2D eigenvalue weighted by Gasteiger charge is 2.31. The molecule has 3 aliphatic rings. The molecule has 2 amide bonds. The lowest BCUT2D eigenvalue weighted by atomic mass is 9.88. The molecular weight excluding hydrogens is 492 g/mol. The van der Waals surface area contributed by atoms with Crippen LogP contribution in [0.3, 0.4) is 0 Å². The SMILES string of the molecule is C[C@H]1CCCC[C@@H]1Oc1ccc(CN2Cc3ccc(-c4ncc(N5CCC(O)NC5=O)n4C)nc3[C@@H]2C)cc1. The van der Waals surface area contributed by atoms with Crippen LogP contribution in [0.1, 0.15) is 68.8 Å². The van der Waals surface area contributed by atoms with Gasteiger partial charge in [0.2, 0.25) is 0 Å². The van der Waals surface area contributed by atoms with Gasteiger partial charge in [-0.05, 0) is 61.4 Å². The highest BCUT2D eigenvalue weighted by atomic mass is 16.5. The number of nitrogens with zero attached hydrogens (tertiary/aromatic N) is 5. The normalized spacial score (nSPS) is 25.4. The topological polar surface area (TPSA) is 95.8 Å². The van der Waals surface area contributed by atoms with E-state index >= 15 is 0 Å². The number of ether oxygens (including phenoxy) is 1. The first-order valence-electron chi connectivity index (χ1n) is 14.1. The number of aliphatic hydroxyl groups is 1. The van der Waals surface area contributed by atoms with Crippen molar-refractivity contribution >= 4 is 11.8 Å². The number of aliphatic hydroxyl groups excluding tert-OH is 1. The highest BCUT2D eigenvalue weighted by Crippen LogP contribution is 2.35. The molecular formula is C30H38N6O3. The Balaban J connectivity index is 1.13. The first-order chi connectivity index (χ1) is 18.9. The molecule has 4 atom stereocenters. The van der Waals surface area contributed by atoms with E-state index in [4.69, 9.17) is 9.72 Å². The van der Waals surface area contributed by atoms with Crippen molar-refractivity contribution in [3.8, 4) is 17.3 Å². The molecule has 2 N–H and O–H groups in total. The summed E-state index contributed by atoms with van der Waals surface area (Å²) in [4.78, 5) is 26.1. The van der Waals surface area contributed by atoms with E-state index in [0.717, 1.165) is 36.6 Å². The quantitative estimate of drug-likeness (QED) is 0.477. The van der Waals surface area contributed by atoms with E-state index in [-0.39, 0.29) is 12.1 Å². The lowest BCUT2D eigenvalue weighted by Gasteiger charge is -2.30. The van der Waals surface area contributed by atoms with Crippen molar-refractivity contribution in [2.24, 2.45) is 13.0 Å². The molecule has 39 heavy (non-hydrogen) atoms. The summed E-state index contributed by atoms with van der Waals surface area (Å²) in [5.41, 5.74) is 4.35. The fourth-order valence-corrected chi connectivity index (χ4v) is 6.14. The average Bonchev–Trinajstić information content (AvgIpc) is 3.45. The van der Waals surface area contributed by atoms with E-state index < -0.39 is 6.23 Å². The maximum atomic E-state index is 12.4. The predicted octanol–water partition coefficient (Wildman–Crippen LogP) is 4.75. The van der Waals surface area contributed by atoms with Gasteiger partial charge in [0, 0.05) is 33.1 Å². The maximum absolute atomic E-state index is 12.4. The molecule has 2 aliphatic heterocycles. The minimum absolute atomic E-state index is 0.174. The van der Waals surface area contributed by atoms with Crippen molar-refractivity contribution in [1.82, 2.24) is 24.8 Å². The number of pyridine rings is 1. The molecule has 1 saturated carbocycles.